The smallest absolute Gasteiger partial charge is 0.124 e. The number of fused-ring (bicyclic) bond motifs is 1. The molecule has 0 spiro atoms. The zero-order valence-electron chi connectivity index (χ0n) is 13.1. The minimum absolute atomic E-state index is 0.337. The largest absolute Gasteiger partial charge is 0.492 e. The molecule has 1 N–H and O–H groups in total. The molecule has 1 aromatic carbocycles. The lowest BCUT2D eigenvalue weighted by molar-refractivity contribution is 0.106. The molecule has 0 amide bonds. The topological polar surface area (TPSA) is 27.7 Å². The van der Waals surface area contributed by atoms with Gasteiger partial charge in [0.1, 0.15) is 12.4 Å². The lowest BCUT2D eigenvalue weighted by atomic mass is 9.95. The predicted molar refractivity (Wildman–Crippen MR) is 83.3 cm³/mol. The van der Waals surface area contributed by atoms with Gasteiger partial charge < -0.3 is 15.0 Å². The molecule has 1 aliphatic heterocycles. The summed E-state index contributed by atoms with van der Waals surface area (Å²) >= 11 is 0. The van der Waals surface area contributed by atoms with Gasteiger partial charge in [-0.05, 0) is 53.8 Å². The third kappa shape index (κ3) is 3.51. The standard InChI is InChI=1S/C16H27N3O/c1-17-16-13-8-5-6-9-15(13)20-12-14(16)19(4)11-7-10-18(2)3/h5-6,8-9,14,16-17H,7,10-12H2,1-4H3. The molecule has 0 aromatic heterocycles. The Kier molecular flexibility index (Phi) is 5.40. The van der Waals surface area contributed by atoms with Crippen LogP contribution in [-0.2, 0) is 0 Å². The molecule has 0 aliphatic carbocycles. The highest BCUT2D eigenvalue weighted by Gasteiger charge is 2.32. The van der Waals surface area contributed by atoms with Crippen LogP contribution in [0.2, 0.25) is 0 Å². The second kappa shape index (κ2) is 7.07. The number of hydrogen-bond acceptors (Lipinski definition) is 4. The first-order valence-electron chi connectivity index (χ1n) is 7.37. The number of ether oxygens (including phenoxy) is 1. The molecule has 4 heteroatoms. The molecule has 4 nitrogen and oxygen atoms in total. The Morgan fingerprint density at radius 1 is 1.20 bits per heavy atom. The van der Waals surface area contributed by atoms with E-state index in [2.05, 4.69) is 54.5 Å². The number of hydrogen-bond donors (Lipinski definition) is 1. The summed E-state index contributed by atoms with van der Waals surface area (Å²) in [6.45, 7) is 2.96. The van der Waals surface area contributed by atoms with Crippen molar-refractivity contribution in [1.82, 2.24) is 15.1 Å². The summed E-state index contributed by atoms with van der Waals surface area (Å²) in [5.74, 6) is 1.02. The van der Waals surface area contributed by atoms with E-state index in [1.165, 1.54) is 12.0 Å². The molecule has 0 radical (unpaired) electrons. The van der Waals surface area contributed by atoms with E-state index in [4.69, 9.17) is 4.74 Å². The zero-order chi connectivity index (χ0) is 14.5. The summed E-state index contributed by atoms with van der Waals surface area (Å²) in [6, 6.07) is 9.06. The van der Waals surface area contributed by atoms with Crippen LogP contribution in [-0.4, -0.2) is 63.7 Å². The average Bonchev–Trinajstić information content (AvgIpc) is 2.45. The van der Waals surface area contributed by atoms with Crippen molar-refractivity contribution in [2.75, 3.05) is 47.9 Å². The van der Waals surface area contributed by atoms with Gasteiger partial charge in [0.15, 0.2) is 0 Å². The fourth-order valence-electron chi connectivity index (χ4n) is 2.88. The molecule has 2 rings (SSSR count). The Bertz CT molecular complexity index is 422. The molecule has 2 unspecified atom stereocenters. The van der Waals surface area contributed by atoms with Gasteiger partial charge >= 0.3 is 0 Å². The van der Waals surface area contributed by atoms with Crippen molar-refractivity contribution in [3.8, 4) is 5.75 Å². The number of nitrogens with one attached hydrogen (secondary N) is 1. The molecular weight excluding hydrogens is 250 g/mol. The van der Waals surface area contributed by atoms with E-state index in [1.807, 2.05) is 13.1 Å². The molecule has 0 saturated carbocycles. The van der Waals surface area contributed by atoms with E-state index in [-0.39, 0.29) is 0 Å². The first-order chi connectivity index (χ1) is 9.63. The van der Waals surface area contributed by atoms with E-state index >= 15 is 0 Å². The predicted octanol–water partition coefficient (Wildman–Crippen LogP) is 1.59. The Morgan fingerprint density at radius 2 is 1.95 bits per heavy atom. The molecule has 20 heavy (non-hydrogen) atoms. The molecule has 0 bridgehead atoms. The van der Waals surface area contributed by atoms with Gasteiger partial charge in [0.2, 0.25) is 0 Å². The highest BCUT2D eigenvalue weighted by Crippen LogP contribution is 2.33. The maximum absolute atomic E-state index is 5.92. The number of rotatable bonds is 6. The van der Waals surface area contributed by atoms with E-state index in [1.54, 1.807) is 0 Å². The van der Waals surface area contributed by atoms with Gasteiger partial charge in [-0.1, -0.05) is 18.2 Å². The summed E-state index contributed by atoms with van der Waals surface area (Å²) in [5, 5.41) is 3.46. The number of para-hydroxylation sites is 1. The van der Waals surface area contributed by atoms with Gasteiger partial charge in [-0.25, -0.2) is 0 Å². The summed E-state index contributed by atoms with van der Waals surface area (Å²) in [5.41, 5.74) is 1.27. The van der Waals surface area contributed by atoms with Gasteiger partial charge in [0.05, 0.1) is 12.1 Å². The van der Waals surface area contributed by atoms with Gasteiger partial charge in [-0.2, -0.15) is 0 Å². The van der Waals surface area contributed by atoms with Crippen LogP contribution in [0.25, 0.3) is 0 Å². The summed E-state index contributed by atoms with van der Waals surface area (Å²) in [4.78, 5) is 4.65. The van der Waals surface area contributed by atoms with E-state index in [9.17, 15) is 0 Å². The highest BCUT2D eigenvalue weighted by atomic mass is 16.5. The first-order valence-corrected chi connectivity index (χ1v) is 7.37. The number of nitrogens with zero attached hydrogens (tertiary/aromatic N) is 2. The van der Waals surface area contributed by atoms with Gasteiger partial charge in [0.25, 0.3) is 0 Å². The normalized spacial score (nSPS) is 21.9. The van der Waals surface area contributed by atoms with Crippen LogP contribution in [0.5, 0.6) is 5.75 Å². The summed E-state index contributed by atoms with van der Waals surface area (Å²) < 4.78 is 5.92. The van der Waals surface area contributed by atoms with Crippen molar-refractivity contribution in [3.63, 3.8) is 0 Å². The Morgan fingerprint density at radius 3 is 2.65 bits per heavy atom. The number of likely N-dealkylation sites (N-methyl/N-ethyl adjacent to an activating group) is 2. The fourth-order valence-corrected chi connectivity index (χ4v) is 2.88. The van der Waals surface area contributed by atoms with Crippen molar-refractivity contribution in [2.45, 2.75) is 18.5 Å². The van der Waals surface area contributed by atoms with Gasteiger partial charge in [-0.3, -0.25) is 4.90 Å². The van der Waals surface area contributed by atoms with Crippen LogP contribution < -0.4 is 10.1 Å². The minimum Gasteiger partial charge on any atom is -0.492 e. The maximum Gasteiger partial charge on any atom is 0.124 e. The molecule has 112 valence electrons. The van der Waals surface area contributed by atoms with Crippen molar-refractivity contribution >= 4 is 0 Å². The van der Waals surface area contributed by atoms with Crippen molar-refractivity contribution in [2.24, 2.45) is 0 Å². The molecule has 2 atom stereocenters. The minimum atomic E-state index is 0.337. The molecule has 1 heterocycles. The summed E-state index contributed by atoms with van der Waals surface area (Å²) in [7, 11) is 8.47. The maximum atomic E-state index is 5.92. The first kappa shape index (κ1) is 15.3. The second-order valence-electron chi connectivity index (χ2n) is 5.82. The van der Waals surface area contributed by atoms with Gasteiger partial charge in [-0.15, -0.1) is 0 Å². The van der Waals surface area contributed by atoms with E-state index in [0.29, 0.717) is 12.1 Å². The third-order valence-corrected chi connectivity index (χ3v) is 4.04. The average molecular weight is 277 g/mol. The summed E-state index contributed by atoms with van der Waals surface area (Å²) in [6.07, 6.45) is 1.18. The zero-order valence-corrected chi connectivity index (χ0v) is 13.1. The van der Waals surface area contributed by atoms with E-state index in [0.717, 1.165) is 25.4 Å². The van der Waals surface area contributed by atoms with Crippen LogP contribution in [0.1, 0.15) is 18.0 Å². The Labute approximate surface area is 122 Å². The van der Waals surface area contributed by atoms with Crippen molar-refractivity contribution in [1.29, 1.82) is 0 Å². The fraction of sp³-hybridized carbons (Fsp3) is 0.625. The number of benzene rings is 1. The van der Waals surface area contributed by atoms with Crippen LogP contribution in [0.4, 0.5) is 0 Å². The van der Waals surface area contributed by atoms with Gasteiger partial charge in [0, 0.05) is 5.56 Å². The lowest BCUT2D eigenvalue weighted by Crippen LogP contribution is -2.48. The SMILES string of the molecule is CNC1c2ccccc2OCC1N(C)CCCN(C)C. The Hall–Kier alpha value is -1.10. The van der Waals surface area contributed by atoms with Crippen LogP contribution in [0, 0.1) is 0 Å². The molecule has 1 aromatic rings. The van der Waals surface area contributed by atoms with Crippen LogP contribution in [0.15, 0.2) is 24.3 Å². The molecule has 0 saturated heterocycles. The van der Waals surface area contributed by atoms with Crippen LogP contribution >= 0.6 is 0 Å². The second-order valence-corrected chi connectivity index (χ2v) is 5.82. The molecule has 0 fully saturated rings. The quantitative estimate of drug-likeness (QED) is 0.854. The van der Waals surface area contributed by atoms with Crippen LogP contribution in [0.3, 0.4) is 0 Å². The van der Waals surface area contributed by atoms with Crippen molar-refractivity contribution in [3.05, 3.63) is 29.8 Å². The van der Waals surface area contributed by atoms with E-state index < -0.39 is 0 Å². The highest BCUT2D eigenvalue weighted by molar-refractivity contribution is 5.38. The third-order valence-electron chi connectivity index (χ3n) is 4.04. The van der Waals surface area contributed by atoms with Crippen molar-refractivity contribution < 1.29 is 4.74 Å². The molecular formula is C16H27N3O. The monoisotopic (exact) mass is 277 g/mol. The Balaban J connectivity index is 2.02. The molecule has 1 aliphatic rings. The lowest BCUT2D eigenvalue weighted by Gasteiger charge is -2.39.